The number of hydroxylamine groups is 1. The highest BCUT2D eigenvalue weighted by atomic mass is 16.6. The molecule has 0 aliphatic carbocycles. The zero-order valence-corrected chi connectivity index (χ0v) is 18.7. The molecule has 34 heavy (non-hydrogen) atoms. The summed E-state index contributed by atoms with van der Waals surface area (Å²) in [5, 5.41) is 19.8. The Kier molecular flexibility index (Phi) is 11.3. The topological polar surface area (TPSA) is 143 Å². The van der Waals surface area contributed by atoms with Crippen LogP contribution in [0.15, 0.2) is 66.7 Å². The Hall–Kier alpha value is -3.73. The van der Waals surface area contributed by atoms with Crippen molar-refractivity contribution >= 4 is 17.9 Å². The molecule has 0 bridgehead atoms. The van der Waals surface area contributed by atoms with Crippen LogP contribution in [0, 0.1) is 0 Å². The van der Waals surface area contributed by atoms with Gasteiger partial charge in [0.15, 0.2) is 6.10 Å². The van der Waals surface area contributed by atoms with E-state index in [1.165, 1.54) is 18.7 Å². The molecule has 0 heterocycles. The Morgan fingerprint density at radius 3 is 2.53 bits per heavy atom. The lowest BCUT2D eigenvalue weighted by Gasteiger charge is -2.26. The number of ether oxygens (including phenoxy) is 3. The molecule has 0 aliphatic rings. The van der Waals surface area contributed by atoms with Crippen molar-refractivity contribution in [1.29, 1.82) is 0 Å². The number of alkyl carbamates (subject to hydrolysis) is 1. The number of hydrogen-bond acceptors (Lipinski definition) is 8. The van der Waals surface area contributed by atoms with Crippen LogP contribution in [-0.4, -0.2) is 54.6 Å². The maximum atomic E-state index is 12.6. The largest absolute Gasteiger partial charge is 0.491 e. The molecule has 3 amide bonds. The van der Waals surface area contributed by atoms with Crippen molar-refractivity contribution in [3.8, 4) is 5.75 Å². The number of nitrogens with one attached hydrogen (secondary N) is 2. The van der Waals surface area contributed by atoms with Gasteiger partial charge in [-0.15, -0.1) is 0 Å². The van der Waals surface area contributed by atoms with Gasteiger partial charge in [0.05, 0.1) is 12.7 Å². The fraction of sp³-hybridized carbons (Fsp3) is 0.292. The quantitative estimate of drug-likeness (QED) is 0.210. The number of allylic oxidation sites excluding steroid dienone is 1. The first-order chi connectivity index (χ1) is 16.5. The number of carbonyl (C=O) groups is 3. The van der Waals surface area contributed by atoms with Crippen LogP contribution in [0.3, 0.4) is 0 Å². The van der Waals surface area contributed by atoms with Gasteiger partial charge in [0.2, 0.25) is 0 Å². The number of imide groups is 1. The molecule has 0 aliphatic heterocycles. The van der Waals surface area contributed by atoms with E-state index in [9.17, 15) is 14.4 Å². The van der Waals surface area contributed by atoms with Gasteiger partial charge in [-0.1, -0.05) is 36.4 Å². The van der Waals surface area contributed by atoms with Crippen LogP contribution in [0.2, 0.25) is 0 Å². The zero-order chi connectivity index (χ0) is 24.8. The van der Waals surface area contributed by atoms with E-state index in [2.05, 4.69) is 5.32 Å². The van der Waals surface area contributed by atoms with Crippen LogP contribution in [0.5, 0.6) is 5.75 Å². The molecule has 0 saturated carbocycles. The molecular weight excluding hydrogens is 444 g/mol. The van der Waals surface area contributed by atoms with Crippen molar-refractivity contribution in [1.82, 2.24) is 10.8 Å². The third kappa shape index (κ3) is 8.66. The maximum Gasteiger partial charge on any atom is 0.414 e. The second-order valence-corrected chi connectivity index (χ2v) is 7.02. The number of hydrogen-bond donors (Lipinski definition) is 4. The molecule has 0 fully saturated rings. The van der Waals surface area contributed by atoms with Crippen LogP contribution in [-0.2, 0) is 14.3 Å². The van der Waals surface area contributed by atoms with Gasteiger partial charge in [-0.2, -0.15) is 0 Å². The van der Waals surface area contributed by atoms with Crippen molar-refractivity contribution in [2.75, 3.05) is 20.3 Å². The van der Waals surface area contributed by atoms with E-state index < -0.39 is 30.1 Å². The number of amides is 3. The van der Waals surface area contributed by atoms with E-state index in [1.807, 2.05) is 0 Å². The molecular formula is C24H28N2O8. The smallest absolute Gasteiger partial charge is 0.414 e. The molecule has 0 aromatic heterocycles. The van der Waals surface area contributed by atoms with Crippen LogP contribution in [0.25, 0.3) is 0 Å². The van der Waals surface area contributed by atoms with E-state index in [0.717, 1.165) is 6.08 Å². The molecule has 10 heteroatoms. The number of methoxy groups -OCH3 is 1. The summed E-state index contributed by atoms with van der Waals surface area (Å²) >= 11 is 0. The van der Waals surface area contributed by atoms with E-state index in [0.29, 0.717) is 29.7 Å². The van der Waals surface area contributed by atoms with E-state index in [1.54, 1.807) is 54.6 Å². The number of aliphatic hydroxyl groups is 1. The number of aliphatic hydroxyl groups excluding tert-OH is 1. The fourth-order valence-electron chi connectivity index (χ4n) is 3.08. The molecule has 182 valence electrons. The Bertz CT molecular complexity index is 964. The standard InChI is InChI=1S/C24H28N2O8/c1-32-20(12-5-6-13-21(28)26-31)22(18-10-7-11-19(16-18)33-15-14-27)34-24(30)25-23(29)17-8-3-2-4-9-17/h2-4,6-11,13,16,20,22,27,31H,5,12,14-15H2,1H3,(H,26,28)(H,25,29,30)/b13-6+/t20-,22-/m0/s1. The minimum absolute atomic E-state index is 0.0897. The Balaban J connectivity index is 2.19. The van der Waals surface area contributed by atoms with Gasteiger partial charge in [-0.25, -0.2) is 10.3 Å². The van der Waals surface area contributed by atoms with Gasteiger partial charge < -0.3 is 19.3 Å². The summed E-state index contributed by atoms with van der Waals surface area (Å²) in [6, 6.07) is 15.0. The molecule has 10 nitrogen and oxygen atoms in total. The van der Waals surface area contributed by atoms with Crippen molar-refractivity contribution in [3.05, 3.63) is 77.9 Å². The summed E-state index contributed by atoms with van der Waals surface area (Å²) in [4.78, 5) is 36.1. The van der Waals surface area contributed by atoms with Crippen molar-refractivity contribution < 1.29 is 38.9 Å². The summed E-state index contributed by atoms with van der Waals surface area (Å²) in [6.45, 7) is -0.0743. The predicted octanol–water partition coefficient (Wildman–Crippen LogP) is 2.52. The molecule has 2 atom stereocenters. The Labute approximate surface area is 197 Å². The van der Waals surface area contributed by atoms with Crippen molar-refractivity contribution in [3.63, 3.8) is 0 Å². The first kappa shape index (κ1) is 26.5. The summed E-state index contributed by atoms with van der Waals surface area (Å²) in [5.41, 5.74) is 2.34. The van der Waals surface area contributed by atoms with Gasteiger partial charge in [0.1, 0.15) is 12.4 Å². The second kappa shape index (κ2) is 14.4. The molecule has 0 saturated heterocycles. The summed E-state index contributed by atoms with van der Waals surface area (Å²) < 4.78 is 16.6. The Morgan fingerprint density at radius 1 is 1.09 bits per heavy atom. The molecule has 0 unspecified atom stereocenters. The maximum absolute atomic E-state index is 12.6. The van der Waals surface area contributed by atoms with Gasteiger partial charge in [0, 0.05) is 18.7 Å². The fourth-order valence-corrected chi connectivity index (χ4v) is 3.08. The van der Waals surface area contributed by atoms with E-state index >= 15 is 0 Å². The lowest BCUT2D eigenvalue weighted by molar-refractivity contribution is -0.124. The molecule has 4 N–H and O–H groups in total. The van der Waals surface area contributed by atoms with Crippen molar-refractivity contribution in [2.45, 2.75) is 25.0 Å². The first-order valence-electron chi connectivity index (χ1n) is 10.5. The Morgan fingerprint density at radius 2 is 1.85 bits per heavy atom. The molecule has 2 aromatic rings. The van der Waals surface area contributed by atoms with Gasteiger partial charge >= 0.3 is 6.09 Å². The molecule has 2 aromatic carbocycles. The third-order valence-electron chi connectivity index (χ3n) is 4.67. The van der Waals surface area contributed by atoms with Gasteiger partial charge in [-0.3, -0.25) is 20.1 Å². The average Bonchev–Trinajstić information content (AvgIpc) is 2.87. The lowest BCUT2D eigenvalue weighted by Crippen LogP contribution is -2.35. The summed E-state index contributed by atoms with van der Waals surface area (Å²) in [7, 11) is 1.45. The third-order valence-corrected chi connectivity index (χ3v) is 4.67. The summed E-state index contributed by atoms with van der Waals surface area (Å²) in [6.07, 6.45) is 0.886. The normalized spacial score (nSPS) is 12.6. The van der Waals surface area contributed by atoms with E-state index in [-0.39, 0.29) is 13.2 Å². The molecule has 2 rings (SSSR count). The van der Waals surface area contributed by atoms with Crippen LogP contribution in [0.4, 0.5) is 4.79 Å². The van der Waals surface area contributed by atoms with Crippen molar-refractivity contribution in [2.24, 2.45) is 0 Å². The second-order valence-electron chi connectivity index (χ2n) is 7.02. The molecule has 0 spiro atoms. The SMILES string of the molecule is CO[C@@H](CC/C=C/C(=O)NO)[C@@H](OC(=O)NC(=O)c1ccccc1)c1cccc(OCCO)c1. The van der Waals surface area contributed by atoms with Crippen LogP contribution >= 0.6 is 0 Å². The highest BCUT2D eigenvalue weighted by molar-refractivity contribution is 6.02. The summed E-state index contributed by atoms with van der Waals surface area (Å²) in [5.74, 6) is -0.833. The van der Waals surface area contributed by atoms with Crippen LogP contribution in [0.1, 0.15) is 34.9 Å². The molecule has 0 radical (unpaired) electrons. The monoisotopic (exact) mass is 472 g/mol. The highest BCUT2D eigenvalue weighted by Crippen LogP contribution is 2.29. The number of benzene rings is 2. The zero-order valence-electron chi connectivity index (χ0n) is 18.7. The predicted molar refractivity (Wildman–Crippen MR) is 121 cm³/mol. The minimum atomic E-state index is -0.960. The van der Waals surface area contributed by atoms with Crippen LogP contribution < -0.4 is 15.5 Å². The lowest BCUT2D eigenvalue weighted by atomic mass is 10.00. The first-order valence-corrected chi connectivity index (χ1v) is 10.5. The minimum Gasteiger partial charge on any atom is -0.491 e. The number of carbonyl (C=O) groups excluding carboxylic acids is 3. The van der Waals surface area contributed by atoms with Gasteiger partial charge in [0.25, 0.3) is 11.8 Å². The van der Waals surface area contributed by atoms with Gasteiger partial charge in [-0.05, 0) is 42.7 Å². The highest BCUT2D eigenvalue weighted by Gasteiger charge is 2.28. The average molecular weight is 472 g/mol. The van der Waals surface area contributed by atoms with E-state index in [4.69, 9.17) is 24.5 Å². The number of rotatable bonds is 12.